The Morgan fingerprint density at radius 1 is 1.08 bits per heavy atom. The van der Waals surface area contributed by atoms with Crippen molar-refractivity contribution in [3.63, 3.8) is 0 Å². The van der Waals surface area contributed by atoms with Crippen LogP contribution in [0.1, 0.15) is 64.0 Å². The second kappa shape index (κ2) is 7.51. The molecule has 2 aromatic heterocycles. The molecule has 3 heterocycles. The quantitative estimate of drug-likeness (QED) is 0.797. The van der Waals surface area contributed by atoms with Crippen LogP contribution in [0.25, 0.3) is 11.0 Å². The van der Waals surface area contributed by atoms with E-state index in [4.69, 9.17) is 5.41 Å². The van der Waals surface area contributed by atoms with E-state index in [9.17, 15) is 0 Å². The van der Waals surface area contributed by atoms with Crippen LogP contribution in [0.3, 0.4) is 0 Å². The Bertz CT molecular complexity index is 747. The van der Waals surface area contributed by atoms with E-state index in [1.54, 1.807) is 0 Å². The van der Waals surface area contributed by atoms with E-state index in [1.807, 2.05) is 12.3 Å². The van der Waals surface area contributed by atoms with Gasteiger partial charge in [0.1, 0.15) is 5.65 Å². The summed E-state index contributed by atoms with van der Waals surface area (Å²) in [6.45, 7) is 7.17. The molecule has 2 aromatic rings. The van der Waals surface area contributed by atoms with Gasteiger partial charge < -0.3 is 14.9 Å². The molecule has 140 valence electrons. The first-order valence-corrected chi connectivity index (χ1v) is 10.4. The summed E-state index contributed by atoms with van der Waals surface area (Å²) in [6.07, 6.45) is 13.5. The van der Waals surface area contributed by atoms with Gasteiger partial charge in [-0.1, -0.05) is 13.8 Å². The van der Waals surface area contributed by atoms with Crippen molar-refractivity contribution >= 4 is 17.2 Å². The summed E-state index contributed by atoms with van der Waals surface area (Å²) in [7, 11) is 0. The average Bonchev–Trinajstić information content (AvgIpc) is 3.07. The van der Waals surface area contributed by atoms with E-state index in [0.29, 0.717) is 6.04 Å². The molecule has 4 heteroatoms. The van der Waals surface area contributed by atoms with Crippen molar-refractivity contribution < 1.29 is 0 Å². The van der Waals surface area contributed by atoms with Crippen LogP contribution in [0, 0.1) is 17.2 Å². The van der Waals surface area contributed by atoms with E-state index in [1.165, 1.54) is 57.8 Å². The fraction of sp³-hybridized carbons (Fsp3) is 0.636. The predicted octanol–water partition coefficient (Wildman–Crippen LogP) is 4.89. The number of hydrogen-bond acceptors (Lipinski definition) is 3. The van der Waals surface area contributed by atoms with Crippen LogP contribution < -0.4 is 0 Å². The standard InChI is InChI=1S/C22H32N4/c1-16(2)17-5-7-19(8-6-17)25-12-9-20(10-13-25)26-15-18(14-23)21-4-3-11-24-22(21)26/h3-4,11,14-17,19-20,23H,5-10,12-13H2,1-2H3. The lowest BCUT2D eigenvalue weighted by Crippen LogP contribution is -2.43. The molecule has 0 aromatic carbocycles. The lowest BCUT2D eigenvalue weighted by atomic mass is 9.79. The molecule has 0 bridgehead atoms. The number of piperidine rings is 1. The SMILES string of the molecule is CC(C)C1CCC(N2CCC(n3cc(C=N)c4cccnc43)CC2)CC1. The number of nitrogens with zero attached hydrogens (tertiary/aromatic N) is 3. The van der Waals surface area contributed by atoms with Gasteiger partial charge in [0.2, 0.25) is 0 Å². The maximum atomic E-state index is 7.69. The van der Waals surface area contributed by atoms with Crippen molar-refractivity contribution in [3.8, 4) is 0 Å². The van der Waals surface area contributed by atoms with Crippen molar-refractivity contribution in [2.24, 2.45) is 11.8 Å². The van der Waals surface area contributed by atoms with Gasteiger partial charge in [0.05, 0.1) is 0 Å². The van der Waals surface area contributed by atoms with Crippen LogP contribution in [0.15, 0.2) is 24.5 Å². The highest BCUT2D eigenvalue weighted by Gasteiger charge is 2.30. The maximum absolute atomic E-state index is 7.69. The third-order valence-corrected chi connectivity index (χ3v) is 6.87. The second-order valence-corrected chi connectivity index (χ2v) is 8.59. The highest BCUT2D eigenvalue weighted by atomic mass is 15.2. The molecule has 0 amide bonds. The topological polar surface area (TPSA) is 44.9 Å². The minimum absolute atomic E-state index is 0.518. The molecule has 0 unspecified atom stereocenters. The third-order valence-electron chi connectivity index (χ3n) is 6.87. The summed E-state index contributed by atoms with van der Waals surface area (Å²) in [4.78, 5) is 7.36. The van der Waals surface area contributed by atoms with E-state index in [0.717, 1.165) is 34.5 Å². The molecule has 0 radical (unpaired) electrons. The molecule has 4 rings (SSSR count). The molecule has 1 aliphatic heterocycles. The Kier molecular flexibility index (Phi) is 5.12. The Labute approximate surface area is 157 Å². The zero-order valence-corrected chi connectivity index (χ0v) is 16.2. The minimum atomic E-state index is 0.518. The van der Waals surface area contributed by atoms with Crippen molar-refractivity contribution in [2.45, 2.75) is 64.5 Å². The number of pyridine rings is 1. The van der Waals surface area contributed by atoms with Crippen molar-refractivity contribution in [1.82, 2.24) is 14.5 Å². The number of fused-ring (bicyclic) bond motifs is 1. The van der Waals surface area contributed by atoms with Crippen LogP contribution in [-0.4, -0.2) is 39.8 Å². The molecule has 0 atom stereocenters. The van der Waals surface area contributed by atoms with Gasteiger partial charge in [0.15, 0.2) is 0 Å². The van der Waals surface area contributed by atoms with Crippen molar-refractivity contribution in [2.75, 3.05) is 13.1 Å². The normalized spacial score (nSPS) is 25.8. The average molecular weight is 353 g/mol. The highest BCUT2D eigenvalue weighted by molar-refractivity contribution is 5.96. The molecule has 0 spiro atoms. The van der Waals surface area contributed by atoms with Crippen molar-refractivity contribution in [1.29, 1.82) is 5.41 Å². The van der Waals surface area contributed by atoms with E-state index >= 15 is 0 Å². The monoisotopic (exact) mass is 352 g/mol. The Hall–Kier alpha value is -1.68. The molecular weight excluding hydrogens is 320 g/mol. The maximum Gasteiger partial charge on any atom is 0.140 e. The summed E-state index contributed by atoms with van der Waals surface area (Å²) < 4.78 is 2.34. The lowest BCUT2D eigenvalue weighted by Gasteiger charge is -2.41. The lowest BCUT2D eigenvalue weighted by molar-refractivity contribution is 0.0893. The molecular formula is C22H32N4. The van der Waals surface area contributed by atoms with Crippen LogP contribution in [0.4, 0.5) is 0 Å². The Balaban J connectivity index is 1.41. The van der Waals surface area contributed by atoms with Gasteiger partial charge in [0.25, 0.3) is 0 Å². The van der Waals surface area contributed by atoms with E-state index in [-0.39, 0.29) is 0 Å². The van der Waals surface area contributed by atoms with E-state index in [2.05, 4.69) is 40.6 Å². The summed E-state index contributed by atoms with van der Waals surface area (Å²) >= 11 is 0. The molecule has 2 aliphatic rings. The summed E-state index contributed by atoms with van der Waals surface area (Å²) in [5.74, 6) is 1.79. The molecule has 1 aliphatic carbocycles. The Morgan fingerprint density at radius 2 is 1.81 bits per heavy atom. The molecule has 1 saturated heterocycles. The second-order valence-electron chi connectivity index (χ2n) is 8.59. The van der Waals surface area contributed by atoms with Crippen LogP contribution >= 0.6 is 0 Å². The molecule has 4 nitrogen and oxygen atoms in total. The number of aromatic nitrogens is 2. The zero-order valence-electron chi connectivity index (χ0n) is 16.2. The third kappa shape index (κ3) is 3.32. The number of rotatable bonds is 4. The van der Waals surface area contributed by atoms with Gasteiger partial charge in [-0.05, 0) is 62.5 Å². The van der Waals surface area contributed by atoms with Gasteiger partial charge in [-0.2, -0.15) is 0 Å². The van der Waals surface area contributed by atoms with Crippen LogP contribution in [0.5, 0.6) is 0 Å². The minimum Gasteiger partial charge on any atom is -0.329 e. The fourth-order valence-corrected chi connectivity index (χ4v) is 5.16. The van der Waals surface area contributed by atoms with Gasteiger partial charge in [0, 0.05) is 54.7 Å². The molecule has 26 heavy (non-hydrogen) atoms. The molecule has 1 N–H and O–H groups in total. The number of nitrogens with one attached hydrogen (secondary N) is 1. The summed E-state index contributed by atoms with van der Waals surface area (Å²) in [5, 5.41) is 8.80. The predicted molar refractivity (Wildman–Crippen MR) is 108 cm³/mol. The number of likely N-dealkylation sites (tertiary alicyclic amines) is 1. The smallest absolute Gasteiger partial charge is 0.140 e. The summed E-state index contributed by atoms with van der Waals surface area (Å²) in [5.41, 5.74) is 2.03. The first-order chi connectivity index (χ1) is 12.7. The van der Waals surface area contributed by atoms with Gasteiger partial charge >= 0.3 is 0 Å². The van der Waals surface area contributed by atoms with Crippen LogP contribution in [-0.2, 0) is 0 Å². The zero-order chi connectivity index (χ0) is 18.1. The van der Waals surface area contributed by atoms with Gasteiger partial charge in [-0.3, -0.25) is 0 Å². The Morgan fingerprint density at radius 3 is 2.46 bits per heavy atom. The molecule has 2 fully saturated rings. The largest absolute Gasteiger partial charge is 0.329 e. The van der Waals surface area contributed by atoms with Gasteiger partial charge in [-0.25, -0.2) is 4.98 Å². The molecule has 1 saturated carbocycles. The first kappa shape index (κ1) is 17.7. The summed E-state index contributed by atoms with van der Waals surface area (Å²) in [6, 6.07) is 5.38. The van der Waals surface area contributed by atoms with Gasteiger partial charge in [-0.15, -0.1) is 0 Å². The first-order valence-electron chi connectivity index (χ1n) is 10.4. The van der Waals surface area contributed by atoms with Crippen LogP contribution in [0.2, 0.25) is 0 Å². The van der Waals surface area contributed by atoms with Crippen molar-refractivity contribution in [3.05, 3.63) is 30.1 Å². The van der Waals surface area contributed by atoms with E-state index < -0.39 is 0 Å². The highest BCUT2D eigenvalue weighted by Crippen LogP contribution is 2.35. The number of hydrogen-bond donors (Lipinski definition) is 1. The fourth-order valence-electron chi connectivity index (χ4n) is 5.16.